The predicted molar refractivity (Wildman–Crippen MR) is 84.5 cm³/mol. The van der Waals surface area contributed by atoms with Crippen molar-refractivity contribution >= 4 is 5.97 Å². The number of aryl methyl sites for hydroxylation is 1. The van der Waals surface area contributed by atoms with Crippen LogP contribution < -0.4 is 5.32 Å². The Hall–Kier alpha value is -2.13. The minimum Gasteiger partial charge on any atom is -0.478 e. The van der Waals surface area contributed by atoms with Gasteiger partial charge in [0.05, 0.1) is 5.56 Å². The van der Waals surface area contributed by atoms with Crippen molar-refractivity contribution in [3.8, 4) is 0 Å². The highest BCUT2D eigenvalue weighted by atomic mass is 16.4. The van der Waals surface area contributed by atoms with Crippen LogP contribution in [0.15, 0.2) is 48.5 Å². The van der Waals surface area contributed by atoms with Gasteiger partial charge >= 0.3 is 5.97 Å². The second-order valence-electron chi connectivity index (χ2n) is 5.22. The Labute approximate surface area is 125 Å². The number of hydrogen-bond acceptors (Lipinski definition) is 2. The fraction of sp³-hybridized carbons (Fsp3) is 0.278. The molecule has 0 spiro atoms. The van der Waals surface area contributed by atoms with Crippen molar-refractivity contribution in [3.63, 3.8) is 0 Å². The quantitative estimate of drug-likeness (QED) is 0.844. The Balaban J connectivity index is 2.21. The summed E-state index contributed by atoms with van der Waals surface area (Å²) in [5.74, 6) is -0.870. The Morgan fingerprint density at radius 3 is 2.52 bits per heavy atom. The average molecular weight is 283 g/mol. The number of carboxylic acids is 1. The van der Waals surface area contributed by atoms with Gasteiger partial charge < -0.3 is 10.4 Å². The first kappa shape index (κ1) is 15.3. The number of carbonyl (C=O) groups is 1. The van der Waals surface area contributed by atoms with E-state index in [4.69, 9.17) is 0 Å². The van der Waals surface area contributed by atoms with Crippen molar-refractivity contribution in [1.29, 1.82) is 0 Å². The molecule has 110 valence electrons. The van der Waals surface area contributed by atoms with Crippen LogP contribution in [0.2, 0.25) is 0 Å². The van der Waals surface area contributed by atoms with E-state index in [0.29, 0.717) is 5.56 Å². The molecule has 0 aromatic heterocycles. The van der Waals surface area contributed by atoms with Gasteiger partial charge in [-0.25, -0.2) is 4.79 Å². The molecule has 2 N–H and O–H groups in total. The lowest BCUT2D eigenvalue weighted by atomic mass is 9.96. The van der Waals surface area contributed by atoms with Crippen LogP contribution in [0, 0.1) is 6.92 Å². The number of rotatable bonds is 6. The van der Waals surface area contributed by atoms with Crippen LogP contribution in [0.25, 0.3) is 0 Å². The molecule has 2 aromatic carbocycles. The van der Waals surface area contributed by atoms with E-state index in [1.165, 1.54) is 5.56 Å². The van der Waals surface area contributed by atoms with Crippen LogP contribution in [-0.4, -0.2) is 11.1 Å². The zero-order valence-corrected chi connectivity index (χ0v) is 12.5. The molecule has 1 atom stereocenters. The summed E-state index contributed by atoms with van der Waals surface area (Å²) < 4.78 is 0. The Bertz CT molecular complexity index is 608. The molecule has 0 saturated carbocycles. The molecule has 2 aromatic rings. The highest BCUT2D eigenvalue weighted by molar-refractivity contribution is 5.89. The van der Waals surface area contributed by atoms with Gasteiger partial charge in [-0.15, -0.1) is 0 Å². The van der Waals surface area contributed by atoms with Crippen molar-refractivity contribution < 1.29 is 9.90 Å². The second kappa shape index (κ2) is 7.04. The number of aromatic carboxylic acids is 1. The van der Waals surface area contributed by atoms with Gasteiger partial charge in [0.1, 0.15) is 0 Å². The van der Waals surface area contributed by atoms with E-state index in [0.717, 1.165) is 24.1 Å². The zero-order valence-electron chi connectivity index (χ0n) is 12.5. The predicted octanol–water partition coefficient (Wildman–Crippen LogP) is 3.93. The summed E-state index contributed by atoms with van der Waals surface area (Å²) >= 11 is 0. The summed E-state index contributed by atoms with van der Waals surface area (Å²) in [6.45, 7) is 4.78. The van der Waals surface area contributed by atoms with Crippen molar-refractivity contribution in [2.24, 2.45) is 0 Å². The summed E-state index contributed by atoms with van der Waals surface area (Å²) in [7, 11) is 0. The standard InChI is InChI=1S/C18H21NO2/c1-3-17(19-12-14-7-5-4-6-8-14)16-11-13(2)9-10-15(16)18(20)21/h4-11,17,19H,3,12H2,1-2H3,(H,20,21). The molecule has 21 heavy (non-hydrogen) atoms. The topological polar surface area (TPSA) is 49.3 Å². The number of carboxylic acid groups (broad SMARTS) is 1. The summed E-state index contributed by atoms with van der Waals surface area (Å²) in [5, 5.41) is 12.8. The molecule has 0 saturated heterocycles. The molecule has 3 nitrogen and oxygen atoms in total. The van der Waals surface area contributed by atoms with E-state index in [9.17, 15) is 9.90 Å². The first-order chi connectivity index (χ1) is 10.1. The van der Waals surface area contributed by atoms with Crippen molar-refractivity contribution in [3.05, 3.63) is 70.8 Å². The van der Waals surface area contributed by atoms with E-state index in [-0.39, 0.29) is 6.04 Å². The maximum Gasteiger partial charge on any atom is 0.336 e. The van der Waals surface area contributed by atoms with Crippen LogP contribution in [0.5, 0.6) is 0 Å². The highest BCUT2D eigenvalue weighted by Crippen LogP contribution is 2.23. The number of nitrogens with one attached hydrogen (secondary N) is 1. The third-order valence-electron chi connectivity index (χ3n) is 3.62. The van der Waals surface area contributed by atoms with Gasteiger partial charge in [-0.1, -0.05) is 55.0 Å². The normalized spacial score (nSPS) is 12.1. The van der Waals surface area contributed by atoms with E-state index < -0.39 is 5.97 Å². The van der Waals surface area contributed by atoms with E-state index >= 15 is 0 Å². The zero-order chi connectivity index (χ0) is 15.2. The van der Waals surface area contributed by atoms with Gasteiger partial charge in [-0.3, -0.25) is 0 Å². The monoisotopic (exact) mass is 283 g/mol. The minimum atomic E-state index is -0.870. The first-order valence-electron chi connectivity index (χ1n) is 7.23. The third kappa shape index (κ3) is 3.92. The van der Waals surface area contributed by atoms with Gasteiger partial charge in [-0.2, -0.15) is 0 Å². The van der Waals surface area contributed by atoms with E-state index in [1.807, 2.05) is 37.3 Å². The lowest BCUT2D eigenvalue weighted by Crippen LogP contribution is -2.22. The third-order valence-corrected chi connectivity index (χ3v) is 3.62. The largest absolute Gasteiger partial charge is 0.478 e. The second-order valence-corrected chi connectivity index (χ2v) is 5.22. The molecular formula is C18H21NO2. The fourth-order valence-corrected chi connectivity index (χ4v) is 2.48. The molecule has 0 fully saturated rings. The smallest absolute Gasteiger partial charge is 0.336 e. The Morgan fingerprint density at radius 1 is 1.19 bits per heavy atom. The molecule has 0 heterocycles. The minimum absolute atomic E-state index is 0.0382. The van der Waals surface area contributed by atoms with Crippen LogP contribution in [-0.2, 0) is 6.54 Å². The summed E-state index contributed by atoms with van der Waals surface area (Å²) in [4.78, 5) is 11.4. The molecule has 1 unspecified atom stereocenters. The lowest BCUT2D eigenvalue weighted by Gasteiger charge is -2.20. The number of benzene rings is 2. The molecule has 0 aliphatic carbocycles. The van der Waals surface area contributed by atoms with Crippen molar-refractivity contribution in [1.82, 2.24) is 5.32 Å². The fourth-order valence-electron chi connectivity index (χ4n) is 2.48. The summed E-state index contributed by atoms with van der Waals surface area (Å²) in [5.41, 5.74) is 3.52. The van der Waals surface area contributed by atoms with E-state index in [1.54, 1.807) is 6.07 Å². The molecule has 0 bridgehead atoms. The van der Waals surface area contributed by atoms with Crippen LogP contribution in [0.1, 0.15) is 46.4 Å². The van der Waals surface area contributed by atoms with Crippen LogP contribution in [0.4, 0.5) is 0 Å². The van der Waals surface area contributed by atoms with Gasteiger partial charge in [0.25, 0.3) is 0 Å². The number of hydrogen-bond donors (Lipinski definition) is 2. The molecule has 0 aliphatic heterocycles. The maximum absolute atomic E-state index is 11.4. The molecule has 0 radical (unpaired) electrons. The van der Waals surface area contributed by atoms with E-state index in [2.05, 4.69) is 24.4 Å². The van der Waals surface area contributed by atoms with Gasteiger partial charge in [0, 0.05) is 12.6 Å². The van der Waals surface area contributed by atoms with Crippen LogP contribution in [0.3, 0.4) is 0 Å². The summed E-state index contributed by atoms with van der Waals surface area (Å²) in [6, 6.07) is 15.7. The molecule has 0 amide bonds. The van der Waals surface area contributed by atoms with Gasteiger partial charge in [0.15, 0.2) is 0 Å². The maximum atomic E-state index is 11.4. The molecule has 2 rings (SSSR count). The van der Waals surface area contributed by atoms with Crippen LogP contribution >= 0.6 is 0 Å². The average Bonchev–Trinajstić information content (AvgIpc) is 2.49. The van der Waals surface area contributed by atoms with Gasteiger partial charge in [0.2, 0.25) is 0 Å². The Morgan fingerprint density at radius 2 is 1.90 bits per heavy atom. The Kier molecular flexibility index (Phi) is 5.12. The lowest BCUT2D eigenvalue weighted by molar-refractivity contribution is 0.0694. The molecule has 3 heteroatoms. The highest BCUT2D eigenvalue weighted by Gasteiger charge is 2.17. The van der Waals surface area contributed by atoms with Gasteiger partial charge in [-0.05, 0) is 30.5 Å². The van der Waals surface area contributed by atoms with Crippen molar-refractivity contribution in [2.75, 3.05) is 0 Å². The first-order valence-corrected chi connectivity index (χ1v) is 7.23. The van der Waals surface area contributed by atoms with Crippen molar-refractivity contribution in [2.45, 2.75) is 32.9 Å². The molecule has 0 aliphatic rings. The summed E-state index contributed by atoms with van der Waals surface area (Å²) in [6.07, 6.45) is 0.844. The SMILES string of the molecule is CCC(NCc1ccccc1)c1cc(C)ccc1C(=O)O. The molecular weight excluding hydrogens is 262 g/mol.